The molecule has 6 heteroatoms. The topological polar surface area (TPSA) is 63.6 Å². The predicted octanol–water partition coefficient (Wildman–Crippen LogP) is 2.48. The maximum Gasteiger partial charge on any atom is 0.200 e. The number of ether oxygens (including phenoxy) is 2. The molecule has 1 aromatic heterocycles. The molecule has 0 saturated heterocycles. The molecule has 0 radical (unpaired) electrons. The smallest absolute Gasteiger partial charge is 0.200 e. The predicted molar refractivity (Wildman–Crippen MR) is 70.7 cm³/mol. The van der Waals surface area contributed by atoms with Gasteiger partial charge in [0.15, 0.2) is 16.6 Å². The number of aromatic hydroxyl groups is 1. The lowest BCUT2D eigenvalue weighted by atomic mass is 10.2. The number of benzene rings is 1. The molecule has 0 amide bonds. The second kappa shape index (κ2) is 5.59. The van der Waals surface area contributed by atoms with Crippen LogP contribution in [-0.4, -0.2) is 24.3 Å². The van der Waals surface area contributed by atoms with Crippen molar-refractivity contribution in [3.8, 4) is 17.2 Å². The number of aromatic nitrogens is 1. The van der Waals surface area contributed by atoms with Gasteiger partial charge in [0.05, 0.1) is 14.2 Å². The maximum atomic E-state index is 9.78. The molecular weight excluding hydrogens is 252 g/mol. The van der Waals surface area contributed by atoms with Crippen LogP contribution in [0, 0.1) is 0 Å². The molecule has 1 aromatic carbocycles. The number of hydrogen-bond acceptors (Lipinski definition) is 6. The summed E-state index contributed by atoms with van der Waals surface area (Å²) in [6.07, 6.45) is 1.74. The lowest BCUT2D eigenvalue weighted by molar-refractivity contribution is 0.339. The number of hydrogen-bond donors (Lipinski definition) is 2. The highest BCUT2D eigenvalue weighted by Crippen LogP contribution is 2.37. The van der Waals surface area contributed by atoms with Crippen molar-refractivity contribution < 1.29 is 14.6 Å². The van der Waals surface area contributed by atoms with Gasteiger partial charge >= 0.3 is 0 Å². The van der Waals surface area contributed by atoms with Crippen molar-refractivity contribution in [3.05, 3.63) is 29.3 Å². The van der Waals surface area contributed by atoms with Crippen LogP contribution in [-0.2, 0) is 6.54 Å². The number of nitrogens with zero attached hydrogens (tertiary/aromatic N) is 1. The van der Waals surface area contributed by atoms with E-state index >= 15 is 0 Å². The molecule has 2 rings (SSSR count). The Morgan fingerprint density at radius 3 is 2.44 bits per heavy atom. The Labute approximate surface area is 109 Å². The average Bonchev–Trinajstić information content (AvgIpc) is 2.90. The van der Waals surface area contributed by atoms with E-state index in [9.17, 15) is 5.11 Å². The van der Waals surface area contributed by atoms with Crippen LogP contribution in [0.15, 0.2) is 23.7 Å². The fourth-order valence-electron chi connectivity index (χ4n) is 1.54. The summed E-state index contributed by atoms with van der Waals surface area (Å²) in [7, 11) is 3.01. The van der Waals surface area contributed by atoms with Crippen LogP contribution in [0.1, 0.15) is 5.56 Å². The molecule has 0 atom stereocenters. The van der Waals surface area contributed by atoms with Crippen molar-refractivity contribution in [2.24, 2.45) is 0 Å². The van der Waals surface area contributed by atoms with E-state index in [1.54, 1.807) is 18.3 Å². The maximum absolute atomic E-state index is 9.78. The van der Waals surface area contributed by atoms with Crippen molar-refractivity contribution in [3.63, 3.8) is 0 Å². The van der Waals surface area contributed by atoms with Gasteiger partial charge < -0.3 is 19.9 Å². The molecule has 0 bridgehead atoms. The highest BCUT2D eigenvalue weighted by atomic mass is 32.1. The first-order valence-electron chi connectivity index (χ1n) is 5.32. The van der Waals surface area contributed by atoms with Crippen LogP contribution in [0.4, 0.5) is 5.13 Å². The summed E-state index contributed by atoms with van der Waals surface area (Å²) in [4.78, 5) is 4.13. The van der Waals surface area contributed by atoms with Gasteiger partial charge in [-0.3, -0.25) is 0 Å². The summed E-state index contributed by atoms with van der Waals surface area (Å²) in [5.74, 6) is 0.800. The van der Waals surface area contributed by atoms with E-state index in [1.165, 1.54) is 25.6 Å². The van der Waals surface area contributed by atoms with Crippen LogP contribution in [0.25, 0.3) is 0 Å². The standard InChI is InChI=1S/C12H14N2O3S/c1-16-9-5-8(6-10(17-2)11(9)15)7-14-12-13-3-4-18-12/h3-6,15H,7H2,1-2H3,(H,13,14). The van der Waals surface area contributed by atoms with E-state index in [1.807, 2.05) is 5.38 Å². The van der Waals surface area contributed by atoms with Gasteiger partial charge in [0, 0.05) is 18.1 Å². The third-order valence-corrected chi connectivity index (χ3v) is 3.15. The van der Waals surface area contributed by atoms with E-state index in [-0.39, 0.29) is 5.75 Å². The summed E-state index contributed by atoms with van der Waals surface area (Å²) in [5.41, 5.74) is 0.941. The molecule has 18 heavy (non-hydrogen) atoms. The van der Waals surface area contributed by atoms with E-state index in [4.69, 9.17) is 9.47 Å². The van der Waals surface area contributed by atoms with Gasteiger partial charge in [-0.25, -0.2) is 4.98 Å². The Balaban J connectivity index is 2.17. The van der Waals surface area contributed by atoms with E-state index < -0.39 is 0 Å². The SMILES string of the molecule is COc1cc(CNc2nccs2)cc(OC)c1O. The lowest BCUT2D eigenvalue weighted by Gasteiger charge is -2.11. The minimum Gasteiger partial charge on any atom is -0.502 e. The molecule has 0 saturated carbocycles. The van der Waals surface area contributed by atoms with Crippen LogP contribution in [0.5, 0.6) is 17.2 Å². The van der Waals surface area contributed by atoms with Crippen molar-refractivity contribution >= 4 is 16.5 Å². The number of methoxy groups -OCH3 is 2. The van der Waals surface area contributed by atoms with Crippen molar-refractivity contribution in [2.75, 3.05) is 19.5 Å². The monoisotopic (exact) mass is 266 g/mol. The Bertz CT molecular complexity index is 489. The fourth-order valence-corrected chi connectivity index (χ4v) is 2.07. The minimum absolute atomic E-state index is 0.0120. The van der Waals surface area contributed by atoms with Crippen LogP contribution in [0.2, 0.25) is 0 Å². The van der Waals surface area contributed by atoms with Crippen molar-refractivity contribution in [1.29, 1.82) is 0 Å². The van der Waals surface area contributed by atoms with Crippen LogP contribution >= 0.6 is 11.3 Å². The highest BCUT2D eigenvalue weighted by molar-refractivity contribution is 7.13. The zero-order valence-electron chi connectivity index (χ0n) is 10.1. The quantitative estimate of drug-likeness (QED) is 0.870. The molecule has 1 heterocycles. The van der Waals surface area contributed by atoms with Gasteiger partial charge in [0.25, 0.3) is 0 Å². The number of thiazole rings is 1. The van der Waals surface area contributed by atoms with E-state index in [0.29, 0.717) is 18.0 Å². The average molecular weight is 266 g/mol. The van der Waals surface area contributed by atoms with E-state index in [0.717, 1.165) is 10.7 Å². The Hall–Kier alpha value is -1.95. The molecule has 5 nitrogen and oxygen atoms in total. The molecule has 0 unspecified atom stereocenters. The third-order valence-electron chi connectivity index (χ3n) is 2.42. The number of phenols is 1. The number of nitrogens with one attached hydrogen (secondary N) is 1. The Morgan fingerprint density at radius 2 is 1.94 bits per heavy atom. The molecule has 96 valence electrons. The molecule has 0 spiro atoms. The van der Waals surface area contributed by atoms with Crippen molar-refractivity contribution in [2.45, 2.75) is 6.54 Å². The van der Waals surface area contributed by atoms with Gasteiger partial charge in [-0.15, -0.1) is 11.3 Å². The van der Waals surface area contributed by atoms with Gasteiger partial charge in [-0.1, -0.05) is 0 Å². The molecule has 2 N–H and O–H groups in total. The Kier molecular flexibility index (Phi) is 3.88. The summed E-state index contributed by atoms with van der Waals surface area (Å²) < 4.78 is 10.2. The summed E-state index contributed by atoms with van der Waals surface area (Å²) in [5, 5.41) is 15.7. The minimum atomic E-state index is 0.0120. The number of anilines is 1. The molecule has 0 aliphatic rings. The number of rotatable bonds is 5. The molecule has 0 aliphatic carbocycles. The first-order chi connectivity index (χ1) is 8.74. The van der Waals surface area contributed by atoms with Gasteiger partial charge in [-0.2, -0.15) is 0 Å². The summed E-state index contributed by atoms with van der Waals surface area (Å²) in [6, 6.07) is 3.52. The molecule has 2 aromatic rings. The zero-order chi connectivity index (χ0) is 13.0. The molecule has 0 aliphatic heterocycles. The summed E-state index contributed by atoms with van der Waals surface area (Å²) in [6.45, 7) is 0.584. The molecule has 0 fully saturated rings. The number of phenolic OH excluding ortho intramolecular Hbond substituents is 1. The third kappa shape index (κ3) is 2.65. The van der Waals surface area contributed by atoms with Gasteiger partial charge in [-0.05, 0) is 17.7 Å². The fraction of sp³-hybridized carbons (Fsp3) is 0.250. The second-order valence-corrected chi connectivity index (χ2v) is 4.43. The van der Waals surface area contributed by atoms with Crippen LogP contribution < -0.4 is 14.8 Å². The zero-order valence-corrected chi connectivity index (χ0v) is 11.0. The van der Waals surface area contributed by atoms with Crippen LogP contribution in [0.3, 0.4) is 0 Å². The largest absolute Gasteiger partial charge is 0.502 e. The highest BCUT2D eigenvalue weighted by Gasteiger charge is 2.11. The normalized spacial score (nSPS) is 10.1. The van der Waals surface area contributed by atoms with Gasteiger partial charge in [0.2, 0.25) is 5.75 Å². The van der Waals surface area contributed by atoms with Crippen molar-refractivity contribution in [1.82, 2.24) is 4.98 Å². The molecular formula is C12H14N2O3S. The van der Waals surface area contributed by atoms with Gasteiger partial charge in [0.1, 0.15) is 0 Å². The summed E-state index contributed by atoms with van der Waals surface area (Å²) >= 11 is 1.53. The Morgan fingerprint density at radius 1 is 1.28 bits per heavy atom. The lowest BCUT2D eigenvalue weighted by Crippen LogP contribution is -2.00. The first kappa shape index (κ1) is 12.5. The second-order valence-electron chi connectivity index (χ2n) is 3.54. The first-order valence-corrected chi connectivity index (χ1v) is 6.19. The van der Waals surface area contributed by atoms with E-state index in [2.05, 4.69) is 10.3 Å².